The van der Waals surface area contributed by atoms with Crippen LogP contribution in [0.4, 0.5) is 5.69 Å². The molecule has 1 fully saturated rings. The Bertz CT molecular complexity index is 295. The minimum Gasteiger partial charge on any atom is -0.495 e. The number of para-hydroxylation sites is 2. The van der Waals surface area contributed by atoms with Crippen LogP contribution in [0.1, 0.15) is 0 Å². The number of ether oxygens (including phenoxy) is 1. The minimum atomic E-state index is -0.176. The Morgan fingerprint density at radius 2 is 2.08 bits per heavy atom. The number of benzene rings is 1. The standard InChI is InChI=1S/C10H13NO2/c1-13-10-5-3-2-4-9(10)11-6-8(12)7-11/h2-5,8,12H,6-7H2,1H3. The normalized spacial score (nSPS) is 16.9. The number of hydrogen-bond donors (Lipinski definition) is 1. The molecule has 0 spiro atoms. The van der Waals surface area contributed by atoms with Gasteiger partial charge in [-0.3, -0.25) is 0 Å². The highest BCUT2D eigenvalue weighted by Crippen LogP contribution is 2.30. The third-order valence-electron chi connectivity index (χ3n) is 2.29. The number of hydrogen-bond acceptors (Lipinski definition) is 3. The molecule has 13 heavy (non-hydrogen) atoms. The predicted octanol–water partition coefficient (Wildman–Crippen LogP) is 0.876. The van der Waals surface area contributed by atoms with Crippen molar-refractivity contribution in [1.29, 1.82) is 0 Å². The highest BCUT2D eigenvalue weighted by Gasteiger charge is 2.26. The zero-order chi connectivity index (χ0) is 9.26. The van der Waals surface area contributed by atoms with Gasteiger partial charge in [-0.05, 0) is 12.1 Å². The molecule has 1 heterocycles. The van der Waals surface area contributed by atoms with Gasteiger partial charge in [-0.25, -0.2) is 0 Å². The van der Waals surface area contributed by atoms with Crippen molar-refractivity contribution >= 4 is 5.69 Å². The maximum Gasteiger partial charge on any atom is 0.142 e. The first-order valence-electron chi connectivity index (χ1n) is 4.37. The van der Waals surface area contributed by atoms with E-state index in [4.69, 9.17) is 9.84 Å². The van der Waals surface area contributed by atoms with Gasteiger partial charge in [-0.2, -0.15) is 0 Å². The van der Waals surface area contributed by atoms with Crippen LogP contribution in [-0.4, -0.2) is 31.4 Å². The maximum atomic E-state index is 9.16. The lowest BCUT2D eigenvalue weighted by atomic mass is 10.1. The van der Waals surface area contributed by atoms with Gasteiger partial charge in [0.25, 0.3) is 0 Å². The third-order valence-corrected chi connectivity index (χ3v) is 2.29. The second-order valence-electron chi connectivity index (χ2n) is 3.23. The molecule has 70 valence electrons. The summed E-state index contributed by atoms with van der Waals surface area (Å²) in [5.41, 5.74) is 1.07. The summed E-state index contributed by atoms with van der Waals surface area (Å²) in [6.45, 7) is 1.42. The van der Waals surface area contributed by atoms with Crippen LogP contribution in [0.25, 0.3) is 0 Å². The van der Waals surface area contributed by atoms with Gasteiger partial charge in [0, 0.05) is 13.1 Å². The van der Waals surface area contributed by atoms with Crippen molar-refractivity contribution in [2.75, 3.05) is 25.1 Å². The quantitative estimate of drug-likeness (QED) is 0.731. The SMILES string of the molecule is COc1ccccc1N1CC(O)C1. The van der Waals surface area contributed by atoms with Crippen LogP contribution in [0.3, 0.4) is 0 Å². The number of aliphatic hydroxyl groups is 1. The van der Waals surface area contributed by atoms with Crippen LogP contribution >= 0.6 is 0 Å². The van der Waals surface area contributed by atoms with E-state index in [0.717, 1.165) is 11.4 Å². The van der Waals surface area contributed by atoms with Crippen LogP contribution in [0.2, 0.25) is 0 Å². The second kappa shape index (κ2) is 3.26. The lowest BCUT2D eigenvalue weighted by molar-refractivity contribution is 0.141. The molecule has 0 radical (unpaired) electrons. The Morgan fingerprint density at radius 1 is 1.38 bits per heavy atom. The first-order chi connectivity index (χ1) is 6.31. The smallest absolute Gasteiger partial charge is 0.142 e. The molecule has 1 saturated heterocycles. The number of aliphatic hydroxyl groups excluding tert-OH is 1. The van der Waals surface area contributed by atoms with Crippen LogP contribution in [0.5, 0.6) is 5.75 Å². The Balaban J connectivity index is 2.19. The number of anilines is 1. The average Bonchev–Trinajstić information content (AvgIpc) is 2.13. The molecule has 1 aromatic rings. The summed E-state index contributed by atoms with van der Waals surface area (Å²) >= 11 is 0. The molecule has 2 rings (SSSR count). The summed E-state index contributed by atoms with van der Waals surface area (Å²) in [6, 6.07) is 7.85. The maximum absolute atomic E-state index is 9.16. The zero-order valence-electron chi connectivity index (χ0n) is 7.60. The van der Waals surface area contributed by atoms with Crippen molar-refractivity contribution in [3.05, 3.63) is 24.3 Å². The summed E-state index contributed by atoms with van der Waals surface area (Å²) in [5.74, 6) is 0.870. The molecule has 1 aliphatic rings. The summed E-state index contributed by atoms with van der Waals surface area (Å²) in [4.78, 5) is 2.10. The van der Waals surface area contributed by atoms with Crippen molar-refractivity contribution < 1.29 is 9.84 Å². The fraction of sp³-hybridized carbons (Fsp3) is 0.400. The van der Waals surface area contributed by atoms with Crippen LogP contribution in [0, 0.1) is 0 Å². The Labute approximate surface area is 77.6 Å². The van der Waals surface area contributed by atoms with Crippen LogP contribution in [0.15, 0.2) is 24.3 Å². The number of methoxy groups -OCH3 is 1. The van der Waals surface area contributed by atoms with Gasteiger partial charge in [0.1, 0.15) is 5.75 Å². The molecule has 0 aromatic heterocycles. The van der Waals surface area contributed by atoms with E-state index in [1.54, 1.807) is 7.11 Å². The summed E-state index contributed by atoms with van der Waals surface area (Å²) in [5, 5.41) is 9.16. The van der Waals surface area contributed by atoms with Crippen molar-refractivity contribution in [3.8, 4) is 5.75 Å². The average molecular weight is 179 g/mol. The van der Waals surface area contributed by atoms with E-state index in [0.29, 0.717) is 13.1 Å². The Morgan fingerprint density at radius 3 is 2.69 bits per heavy atom. The molecule has 1 aromatic carbocycles. The molecule has 0 bridgehead atoms. The molecular formula is C10H13NO2. The molecule has 3 heteroatoms. The van der Waals surface area contributed by atoms with Gasteiger partial charge in [-0.1, -0.05) is 12.1 Å². The molecule has 0 saturated carbocycles. The fourth-order valence-electron chi connectivity index (χ4n) is 1.54. The predicted molar refractivity (Wildman–Crippen MR) is 51.2 cm³/mol. The first kappa shape index (κ1) is 8.38. The molecular weight excluding hydrogens is 166 g/mol. The van der Waals surface area contributed by atoms with E-state index in [9.17, 15) is 0 Å². The third kappa shape index (κ3) is 1.47. The number of rotatable bonds is 2. The van der Waals surface area contributed by atoms with Gasteiger partial charge in [0.2, 0.25) is 0 Å². The number of β-amino-alcohol motifs (C(OH)–C–C–N with tert-alkyl or cyclic N) is 1. The van der Waals surface area contributed by atoms with Gasteiger partial charge in [0.05, 0.1) is 18.9 Å². The zero-order valence-corrected chi connectivity index (χ0v) is 7.60. The summed E-state index contributed by atoms with van der Waals surface area (Å²) in [6.07, 6.45) is -0.176. The molecule has 0 unspecified atom stereocenters. The summed E-state index contributed by atoms with van der Waals surface area (Å²) < 4.78 is 5.21. The lowest BCUT2D eigenvalue weighted by Gasteiger charge is -2.38. The van der Waals surface area contributed by atoms with Crippen LogP contribution < -0.4 is 9.64 Å². The Hall–Kier alpha value is -1.22. The summed E-state index contributed by atoms with van der Waals surface area (Å²) in [7, 11) is 1.66. The van der Waals surface area contributed by atoms with Crippen molar-refractivity contribution in [1.82, 2.24) is 0 Å². The number of nitrogens with zero attached hydrogens (tertiary/aromatic N) is 1. The van der Waals surface area contributed by atoms with E-state index in [2.05, 4.69) is 4.90 Å². The van der Waals surface area contributed by atoms with Gasteiger partial charge in [-0.15, -0.1) is 0 Å². The van der Waals surface area contributed by atoms with E-state index in [1.807, 2.05) is 24.3 Å². The van der Waals surface area contributed by atoms with Gasteiger partial charge < -0.3 is 14.7 Å². The van der Waals surface area contributed by atoms with E-state index in [-0.39, 0.29) is 6.10 Å². The van der Waals surface area contributed by atoms with E-state index >= 15 is 0 Å². The van der Waals surface area contributed by atoms with Crippen molar-refractivity contribution in [2.45, 2.75) is 6.10 Å². The van der Waals surface area contributed by atoms with E-state index in [1.165, 1.54) is 0 Å². The highest BCUT2D eigenvalue weighted by atomic mass is 16.5. The minimum absolute atomic E-state index is 0.176. The first-order valence-corrected chi connectivity index (χ1v) is 4.37. The van der Waals surface area contributed by atoms with Crippen LogP contribution in [-0.2, 0) is 0 Å². The van der Waals surface area contributed by atoms with Gasteiger partial charge in [0.15, 0.2) is 0 Å². The second-order valence-corrected chi connectivity index (χ2v) is 3.23. The molecule has 1 aliphatic heterocycles. The monoisotopic (exact) mass is 179 g/mol. The lowest BCUT2D eigenvalue weighted by Crippen LogP contribution is -2.50. The highest BCUT2D eigenvalue weighted by molar-refractivity contribution is 5.60. The van der Waals surface area contributed by atoms with Gasteiger partial charge >= 0.3 is 0 Å². The molecule has 1 N–H and O–H groups in total. The largest absolute Gasteiger partial charge is 0.495 e. The fourth-order valence-corrected chi connectivity index (χ4v) is 1.54. The molecule has 0 amide bonds. The van der Waals surface area contributed by atoms with E-state index < -0.39 is 0 Å². The Kier molecular flexibility index (Phi) is 2.10. The van der Waals surface area contributed by atoms with Crippen molar-refractivity contribution in [3.63, 3.8) is 0 Å². The molecule has 0 atom stereocenters. The topological polar surface area (TPSA) is 32.7 Å². The molecule has 3 nitrogen and oxygen atoms in total. The van der Waals surface area contributed by atoms with Crippen molar-refractivity contribution in [2.24, 2.45) is 0 Å². The molecule has 0 aliphatic carbocycles.